The second kappa shape index (κ2) is 6.15. The zero-order chi connectivity index (χ0) is 15.7. The average Bonchev–Trinajstić information content (AvgIpc) is 3.16. The summed E-state index contributed by atoms with van der Waals surface area (Å²) in [5.74, 6) is 0.449. The Morgan fingerprint density at radius 1 is 1.36 bits per heavy atom. The SMILES string of the molecule is C[C@H](Cl)C(=O)N1N=C(c2ccc(Cl)cc2)C[C@H]1c1ccco1. The Morgan fingerprint density at radius 3 is 2.68 bits per heavy atom. The maximum atomic E-state index is 12.3. The van der Waals surface area contributed by atoms with Crippen LogP contribution in [0.3, 0.4) is 0 Å². The Hall–Kier alpha value is -1.78. The second-order valence-corrected chi connectivity index (χ2v) is 6.18. The number of nitrogens with zero attached hydrogens (tertiary/aromatic N) is 2. The number of carbonyl (C=O) groups excluding carboxylic acids is 1. The number of benzene rings is 1. The quantitative estimate of drug-likeness (QED) is 0.787. The lowest BCUT2D eigenvalue weighted by atomic mass is 10.0. The molecule has 3 rings (SSSR count). The van der Waals surface area contributed by atoms with Crippen LogP contribution in [-0.2, 0) is 4.79 Å². The third kappa shape index (κ3) is 2.89. The molecule has 1 aromatic carbocycles. The van der Waals surface area contributed by atoms with Crippen LogP contribution in [-0.4, -0.2) is 22.0 Å². The van der Waals surface area contributed by atoms with Crippen LogP contribution in [0.4, 0.5) is 0 Å². The number of amides is 1. The van der Waals surface area contributed by atoms with Gasteiger partial charge in [0.1, 0.15) is 17.2 Å². The molecule has 0 N–H and O–H groups in total. The van der Waals surface area contributed by atoms with Crippen LogP contribution < -0.4 is 0 Å². The summed E-state index contributed by atoms with van der Waals surface area (Å²) >= 11 is 11.9. The highest BCUT2D eigenvalue weighted by molar-refractivity contribution is 6.31. The summed E-state index contributed by atoms with van der Waals surface area (Å²) in [5.41, 5.74) is 1.74. The topological polar surface area (TPSA) is 45.8 Å². The molecular formula is C16H14Cl2N2O2. The van der Waals surface area contributed by atoms with Crippen molar-refractivity contribution in [2.45, 2.75) is 24.8 Å². The van der Waals surface area contributed by atoms with Gasteiger partial charge in [0.2, 0.25) is 0 Å². The van der Waals surface area contributed by atoms with E-state index in [-0.39, 0.29) is 11.9 Å². The van der Waals surface area contributed by atoms with Gasteiger partial charge in [0.15, 0.2) is 0 Å². The van der Waals surface area contributed by atoms with E-state index < -0.39 is 5.38 Å². The van der Waals surface area contributed by atoms with Gasteiger partial charge in [0, 0.05) is 11.4 Å². The molecule has 6 heteroatoms. The summed E-state index contributed by atoms with van der Waals surface area (Å²) in [7, 11) is 0. The minimum atomic E-state index is -0.647. The van der Waals surface area contributed by atoms with Crippen molar-refractivity contribution in [1.29, 1.82) is 0 Å². The maximum absolute atomic E-state index is 12.3. The van der Waals surface area contributed by atoms with E-state index in [0.717, 1.165) is 11.3 Å². The molecule has 0 radical (unpaired) electrons. The van der Waals surface area contributed by atoms with Crippen molar-refractivity contribution < 1.29 is 9.21 Å². The zero-order valence-electron chi connectivity index (χ0n) is 11.9. The Bertz CT molecular complexity index is 693. The first-order chi connectivity index (χ1) is 10.6. The first kappa shape index (κ1) is 15.1. The molecule has 114 valence electrons. The van der Waals surface area contributed by atoms with Gasteiger partial charge < -0.3 is 4.42 Å². The van der Waals surface area contributed by atoms with E-state index in [9.17, 15) is 4.79 Å². The fourth-order valence-electron chi connectivity index (χ4n) is 2.42. The Labute approximate surface area is 138 Å². The smallest absolute Gasteiger partial charge is 0.261 e. The van der Waals surface area contributed by atoms with Gasteiger partial charge >= 0.3 is 0 Å². The molecular weight excluding hydrogens is 323 g/mol. The highest BCUT2D eigenvalue weighted by Crippen LogP contribution is 2.34. The Morgan fingerprint density at radius 2 is 2.09 bits per heavy atom. The van der Waals surface area contributed by atoms with Crippen LogP contribution in [0.2, 0.25) is 5.02 Å². The van der Waals surface area contributed by atoms with Gasteiger partial charge in [-0.1, -0.05) is 23.7 Å². The van der Waals surface area contributed by atoms with Gasteiger partial charge in [-0.3, -0.25) is 4.79 Å². The predicted molar refractivity (Wildman–Crippen MR) is 86.2 cm³/mol. The van der Waals surface area contributed by atoms with Crippen molar-refractivity contribution in [3.05, 3.63) is 59.0 Å². The number of rotatable bonds is 3. The lowest BCUT2D eigenvalue weighted by Gasteiger charge is -2.20. The molecule has 0 fully saturated rings. The summed E-state index contributed by atoms with van der Waals surface area (Å²) in [5, 5.41) is 5.89. The molecule has 1 aromatic heterocycles. The number of halogens is 2. The molecule has 2 heterocycles. The third-order valence-electron chi connectivity index (χ3n) is 3.53. The van der Waals surface area contributed by atoms with E-state index in [0.29, 0.717) is 17.2 Å². The molecule has 0 saturated heterocycles. The summed E-state index contributed by atoms with van der Waals surface area (Å²) in [6.07, 6.45) is 2.16. The molecule has 1 aliphatic heterocycles. The van der Waals surface area contributed by atoms with Gasteiger partial charge in [0.25, 0.3) is 5.91 Å². The average molecular weight is 337 g/mol. The van der Waals surface area contributed by atoms with Crippen molar-refractivity contribution in [2.24, 2.45) is 5.10 Å². The Kier molecular flexibility index (Phi) is 4.23. The number of hydrogen-bond donors (Lipinski definition) is 0. The minimum Gasteiger partial charge on any atom is -0.467 e. The molecule has 2 atom stereocenters. The summed E-state index contributed by atoms with van der Waals surface area (Å²) in [6.45, 7) is 1.64. The van der Waals surface area contributed by atoms with Crippen LogP contribution >= 0.6 is 23.2 Å². The number of alkyl halides is 1. The van der Waals surface area contributed by atoms with Gasteiger partial charge in [0.05, 0.1) is 12.0 Å². The molecule has 1 amide bonds. The molecule has 2 aromatic rings. The molecule has 22 heavy (non-hydrogen) atoms. The number of hydrogen-bond acceptors (Lipinski definition) is 3. The van der Waals surface area contributed by atoms with E-state index in [1.807, 2.05) is 18.2 Å². The monoisotopic (exact) mass is 336 g/mol. The zero-order valence-corrected chi connectivity index (χ0v) is 13.4. The number of hydrazone groups is 1. The van der Waals surface area contributed by atoms with Gasteiger partial charge in [-0.05, 0) is 36.8 Å². The molecule has 0 bridgehead atoms. The lowest BCUT2D eigenvalue weighted by molar-refractivity contribution is -0.132. The van der Waals surface area contributed by atoms with E-state index in [1.54, 1.807) is 31.4 Å². The maximum Gasteiger partial charge on any atom is 0.261 e. The van der Waals surface area contributed by atoms with Crippen LogP contribution in [0, 0.1) is 0 Å². The molecule has 0 unspecified atom stereocenters. The van der Waals surface area contributed by atoms with Crippen LogP contribution in [0.15, 0.2) is 52.2 Å². The molecule has 1 aliphatic rings. The van der Waals surface area contributed by atoms with Crippen LogP contribution in [0.25, 0.3) is 0 Å². The van der Waals surface area contributed by atoms with Gasteiger partial charge in [-0.15, -0.1) is 11.6 Å². The highest BCUT2D eigenvalue weighted by Gasteiger charge is 2.36. The number of carbonyl (C=O) groups is 1. The summed E-state index contributed by atoms with van der Waals surface area (Å²) < 4.78 is 5.45. The van der Waals surface area contributed by atoms with E-state index in [2.05, 4.69) is 5.10 Å². The van der Waals surface area contributed by atoms with Gasteiger partial charge in [-0.25, -0.2) is 5.01 Å². The largest absolute Gasteiger partial charge is 0.467 e. The molecule has 4 nitrogen and oxygen atoms in total. The standard InChI is InChI=1S/C16H14Cl2N2O2/c1-10(17)16(21)20-14(15-3-2-8-22-15)9-13(19-20)11-4-6-12(18)7-5-11/h2-8,10,14H,9H2,1H3/t10-,14-/m0/s1. The second-order valence-electron chi connectivity index (χ2n) is 5.09. The van der Waals surface area contributed by atoms with Crippen LogP contribution in [0.5, 0.6) is 0 Å². The summed E-state index contributed by atoms with van der Waals surface area (Å²) in [4.78, 5) is 12.3. The first-order valence-corrected chi connectivity index (χ1v) is 7.71. The minimum absolute atomic E-state index is 0.243. The summed E-state index contributed by atoms with van der Waals surface area (Å²) in [6, 6.07) is 10.7. The highest BCUT2D eigenvalue weighted by atomic mass is 35.5. The van der Waals surface area contributed by atoms with Crippen molar-refractivity contribution in [3.63, 3.8) is 0 Å². The molecule has 0 aliphatic carbocycles. The Balaban J connectivity index is 1.94. The lowest BCUT2D eigenvalue weighted by Crippen LogP contribution is -2.32. The van der Waals surface area contributed by atoms with Gasteiger partial charge in [-0.2, -0.15) is 5.10 Å². The third-order valence-corrected chi connectivity index (χ3v) is 3.96. The number of furan rings is 1. The fourth-order valence-corrected chi connectivity index (χ4v) is 2.64. The van der Waals surface area contributed by atoms with Crippen LogP contribution in [0.1, 0.15) is 30.7 Å². The van der Waals surface area contributed by atoms with E-state index in [4.69, 9.17) is 27.6 Å². The van der Waals surface area contributed by atoms with Crippen molar-refractivity contribution in [2.75, 3.05) is 0 Å². The normalized spacial score (nSPS) is 19.1. The van der Waals surface area contributed by atoms with Crippen molar-refractivity contribution in [1.82, 2.24) is 5.01 Å². The van der Waals surface area contributed by atoms with E-state index in [1.165, 1.54) is 5.01 Å². The van der Waals surface area contributed by atoms with Crippen molar-refractivity contribution in [3.8, 4) is 0 Å². The fraction of sp³-hybridized carbons (Fsp3) is 0.250. The molecule has 0 saturated carbocycles. The van der Waals surface area contributed by atoms with E-state index >= 15 is 0 Å². The predicted octanol–water partition coefficient (Wildman–Crippen LogP) is 4.24. The first-order valence-electron chi connectivity index (χ1n) is 6.90. The molecule has 0 spiro atoms. The van der Waals surface area contributed by atoms with Crippen molar-refractivity contribution >= 4 is 34.8 Å².